The highest BCUT2D eigenvalue weighted by atomic mass is 35.5. The van der Waals surface area contributed by atoms with Crippen LogP contribution in [0.1, 0.15) is 11.4 Å². The Morgan fingerprint density at radius 2 is 2.00 bits per heavy atom. The number of hydrogen-bond acceptors (Lipinski definition) is 2. The zero-order valence-corrected chi connectivity index (χ0v) is 7.86. The molecule has 6 heteroatoms. The van der Waals surface area contributed by atoms with Crippen LogP contribution in [0.25, 0.3) is 0 Å². The Hall–Kier alpha value is -0.810. The molecule has 2 nitrogen and oxygen atoms in total. The van der Waals surface area contributed by atoms with Gasteiger partial charge < -0.3 is 5.73 Å². The zero-order valence-electron chi connectivity index (χ0n) is 7.11. The Balaban J connectivity index is 3.07. The van der Waals surface area contributed by atoms with Crippen molar-refractivity contribution in [1.82, 2.24) is 4.98 Å². The molecule has 0 atom stereocenters. The topological polar surface area (TPSA) is 38.9 Å². The molecule has 1 aromatic rings. The lowest BCUT2D eigenvalue weighted by atomic mass is 10.2. The summed E-state index contributed by atoms with van der Waals surface area (Å²) in [5.74, 6) is 0. The molecule has 78 valence electrons. The first-order valence-corrected chi connectivity index (χ1v) is 4.25. The quantitative estimate of drug-likeness (QED) is 0.837. The van der Waals surface area contributed by atoms with Gasteiger partial charge in [0.1, 0.15) is 5.69 Å². The minimum absolute atomic E-state index is 0.0239. The fourth-order valence-corrected chi connectivity index (χ4v) is 1.20. The molecule has 0 aromatic carbocycles. The third-order valence-corrected chi connectivity index (χ3v) is 1.75. The summed E-state index contributed by atoms with van der Waals surface area (Å²) in [5, 5.41) is 0.0239. The number of pyridine rings is 1. The monoisotopic (exact) mass is 224 g/mol. The van der Waals surface area contributed by atoms with E-state index in [0.717, 1.165) is 6.07 Å². The van der Waals surface area contributed by atoms with Crippen LogP contribution in [0.3, 0.4) is 0 Å². The number of rotatable bonds is 2. The number of hydrogen-bond donors (Lipinski definition) is 1. The third kappa shape index (κ3) is 2.85. The molecule has 1 aromatic heterocycles. The van der Waals surface area contributed by atoms with E-state index in [4.69, 9.17) is 17.3 Å². The van der Waals surface area contributed by atoms with Crippen molar-refractivity contribution in [2.45, 2.75) is 12.6 Å². The zero-order chi connectivity index (χ0) is 10.8. The van der Waals surface area contributed by atoms with Crippen LogP contribution in [0.2, 0.25) is 5.02 Å². The SMILES string of the molecule is NCCc1cc(Cl)cc(C(F)(F)F)n1. The molecule has 0 bridgehead atoms. The van der Waals surface area contributed by atoms with E-state index in [1.54, 1.807) is 0 Å². The van der Waals surface area contributed by atoms with Crippen LogP contribution < -0.4 is 5.73 Å². The van der Waals surface area contributed by atoms with Crippen molar-refractivity contribution in [3.05, 3.63) is 28.5 Å². The van der Waals surface area contributed by atoms with E-state index in [2.05, 4.69) is 4.98 Å². The van der Waals surface area contributed by atoms with Crippen molar-refractivity contribution in [3.63, 3.8) is 0 Å². The summed E-state index contributed by atoms with van der Waals surface area (Å²) in [6.45, 7) is 0.241. The van der Waals surface area contributed by atoms with Gasteiger partial charge in [-0.05, 0) is 18.7 Å². The van der Waals surface area contributed by atoms with Crippen LogP contribution in [0, 0.1) is 0 Å². The smallest absolute Gasteiger partial charge is 0.330 e. The average Bonchev–Trinajstić information content (AvgIpc) is 2.02. The lowest BCUT2D eigenvalue weighted by Gasteiger charge is -2.08. The number of halogens is 4. The molecule has 1 rings (SSSR count). The predicted octanol–water partition coefficient (Wildman–Crippen LogP) is 2.25. The van der Waals surface area contributed by atoms with Crippen molar-refractivity contribution in [1.29, 1.82) is 0 Å². The molecule has 0 fully saturated rings. The van der Waals surface area contributed by atoms with Crippen molar-refractivity contribution in [3.8, 4) is 0 Å². The molecule has 0 aliphatic rings. The standard InChI is InChI=1S/C8H8ClF3N2/c9-5-3-6(1-2-13)14-7(4-5)8(10,11)12/h3-4H,1-2,13H2. The van der Waals surface area contributed by atoms with E-state index in [0.29, 0.717) is 0 Å². The number of nitrogens with zero attached hydrogens (tertiary/aromatic N) is 1. The van der Waals surface area contributed by atoms with Gasteiger partial charge in [-0.15, -0.1) is 0 Å². The van der Waals surface area contributed by atoms with Crippen LogP contribution in [-0.4, -0.2) is 11.5 Å². The highest BCUT2D eigenvalue weighted by molar-refractivity contribution is 6.30. The minimum Gasteiger partial charge on any atom is -0.330 e. The number of aromatic nitrogens is 1. The summed E-state index contributed by atoms with van der Waals surface area (Å²) < 4.78 is 36.7. The van der Waals surface area contributed by atoms with E-state index in [1.165, 1.54) is 6.07 Å². The first kappa shape index (κ1) is 11.3. The Labute approximate surface area is 83.9 Å². The van der Waals surface area contributed by atoms with E-state index in [1.807, 2.05) is 0 Å². The lowest BCUT2D eigenvalue weighted by molar-refractivity contribution is -0.141. The summed E-state index contributed by atoms with van der Waals surface area (Å²) in [5.41, 5.74) is 4.48. The number of alkyl halides is 3. The van der Waals surface area contributed by atoms with Gasteiger partial charge in [-0.1, -0.05) is 11.6 Å². The maximum Gasteiger partial charge on any atom is 0.433 e. The molecule has 0 aliphatic heterocycles. The first-order chi connectivity index (χ1) is 6.43. The molecule has 0 aliphatic carbocycles. The van der Waals surface area contributed by atoms with Crippen LogP contribution in [0.4, 0.5) is 13.2 Å². The highest BCUT2D eigenvalue weighted by Crippen LogP contribution is 2.29. The lowest BCUT2D eigenvalue weighted by Crippen LogP contribution is -2.11. The second kappa shape index (κ2) is 4.14. The van der Waals surface area contributed by atoms with Crippen LogP contribution in [0.15, 0.2) is 12.1 Å². The summed E-state index contributed by atoms with van der Waals surface area (Å²) in [7, 11) is 0. The summed E-state index contributed by atoms with van der Waals surface area (Å²) in [6.07, 6.45) is -4.18. The van der Waals surface area contributed by atoms with Crippen molar-refractivity contribution in [2.75, 3.05) is 6.54 Å². The Bertz CT molecular complexity index is 325. The molecule has 2 N–H and O–H groups in total. The molecule has 14 heavy (non-hydrogen) atoms. The molecule has 0 saturated heterocycles. The molecule has 0 spiro atoms. The van der Waals surface area contributed by atoms with E-state index < -0.39 is 11.9 Å². The normalized spacial score (nSPS) is 11.8. The highest BCUT2D eigenvalue weighted by Gasteiger charge is 2.32. The molecule has 1 heterocycles. The fraction of sp³-hybridized carbons (Fsp3) is 0.375. The van der Waals surface area contributed by atoms with Gasteiger partial charge in [0.15, 0.2) is 0 Å². The van der Waals surface area contributed by atoms with Gasteiger partial charge in [0.05, 0.1) is 0 Å². The number of nitrogens with two attached hydrogens (primary N) is 1. The summed E-state index contributed by atoms with van der Waals surface area (Å²) >= 11 is 5.51. The second-order valence-corrected chi connectivity index (χ2v) is 3.13. The van der Waals surface area contributed by atoms with Crippen molar-refractivity contribution >= 4 is 11.6 Å². The van der Waals surface area contributed by atoms with Crippen LogP contribution in [-0.2, 0) is 12.6 Å². The largest absolute Gasteiger partial charge is 0.433 e. The van der Waals surface area contributed by atoms with Crippen molar-refractivity contribution < 1.29 is 13.2 Å². The van der Waals surface area contributed by atoms with Gasteiger partial charge in [-0.2, -0.15) is 13.2 Å². The molecule has 0 amide bonds. The Morgan fingerprint density at radius 1 is 1.36 bits per heavy atom. The van der Waals surface area contributed by atoms with Gasteiger partial charge in [0, 0.05) is 17.1 Å². The van der Waals surface area contributed by atoms with E-state index in [-0.39, 0.29) is 23.7 Å². The molecular formula is C8H8ClF3N2. The van der Waals surface area contributed by atoms with Crippen LogP contribution in [0.5, 0.6) is 0 Å². The molecule has 0 saturated carbocycles. The van der Waals surface area contributed by atoms with Crippen molar-refractivity contribution in [2.24, 2.45) is 5.73 Å². The first-order valence-electron chi connectivity index (χ1n) is 3.87. The van der Waals surface area contributed by atoms with E-state index in [9.17, 15) is 13.2 Å². The molecular weight excluding hydrogens is 217 g/mol. The average molecular weight is 225 g/mol. The van der Waals surface area contributed by atoms with Gasteiger partial charge in [-0.3, -0.25) is 0 Å². The van der Waals surface area contributed by atoms with Crippen LogP contribution >= 0.6 is 11.6 Å². The van der Waals surface area contributed by atoms with Gasteiger partial charge in [0.2, 0.25) is 0 Å². The summed E-state index contributed by atoms with van der Waals surface area (Å²) in [6, 6.07) is 2.17. The minimum atomic E-state index is -4.46. The second-order valence-electron chi connectivity index (χ2n) is 2.70. The Kier molecular flexibility index (Phi) is 3.34. The predicted molar refractivity (Wildman–Crippen MR) is 47.0 cm³/mol. The fourth-order valence-electron chi connectivity index (χ4n) is 0.972. The molecule has 0 radical (unpaired) electrons. The third-order valence-electron chi connectivity index (χ3n) is 1.53. The maximum absolute atomic E-state index is 12.2. The maximum atomic E-state index is 12.2. The van der Waals surface area contributed by atoms with E-state index >= 15 is 0 Å². The van der Waals surface area contributed by atoms with Gasteiger partial charge >= 0.3 is 6.18 Å². The van der Waals surface area contributed by atoms with Gasteiger partial charge in [-0.25, -0.2) is 4.98 Å². The summed E-state index contributed by atoms with van der Waals surface area (Å²) in [4.78, 5) is 3.41. The Morgan fingerprint density at radius 3 is 2.50 bits per heavy atom. The molecule has 0 unspecified atom stereocenters. The van der Waals surface area contributed by atoms with Gasteiger partial charge in [0.25, 0.3) is 0 Å².